The van der Waals surface area contributed by atoms with E-state index in [1.54, 1.807) is 7.11 Å². The summed E-state index contributed by atoms with van der Waals surface area (Å²) in [6.45, 7) is 4.15. The highest BCUT2D eigenvalue weighted by molar-refractivity contribution is 6.05. The third kappa shape index (κ3) is 2.23. The first-order valence-corrected chi connectivity index (χ1v) is 7.76. The van der Waals surface area contributed by atoms with Crippen molar-refractivity contribution in [1.82, 2.24) is 0 Å². The predicted molar refractivity (Wildman–Crippen MR) is 85.5 cm³/mol. The van der Waals surface area contributed by atoms with E-state index in [9.17, 15) is 4.79 Å². The van der Waals surface area contributed by atoms with Gasteiger partial charge in [0.15, 0.2) is 5.78 Å². The number of Topliss-reactive ketones (excluding diaryl/α,β-unsaturated/α-hetero) is 1. The summed E-state index contributed by atoms with van der Waals surface area (Å²) in [5.41, 5.74) is 4.80. The molecule has 0 saturated heterocycles. The molecule has 2 atom stereocenters. The first-order chi connectivity index (χ1) is 10.2. The lowest BCUT2D eigenvalue weighted by molar-refractivity contribution is -0.116. The molecule has 21 heavy (non-hydrogen) atoms. The van der Waals surface area contributed by atoms with Crippen LogP contribution in [0.2, 0.25) is 0 Å². The molecule has 0 saturated carbocycles. The number of ketones is 1. The van der Waals surface area contributed by atoms with Gasteiger partial charge in [-0.2, -0.15) is 0 Å². The zero-order valence-corrected chi connectivity index (χ0v) is 13.0. The Hall–Kier alpha value is -1.83. The molecule has 1 aromatic rings. The molecule has 0 radical (unpaired) electrons. The molecule has 2 aliphatic rings. The SMILES string of the molecule is CCC=CC1c2cc(OC)ccc2C2=C(C)C(=O)CCC21. The van der Waals surface area contributed by atoms with Crippen LogP contribution in [0.25, 0.3) is 5.57 Å². The zero-order chi connectivity index (χ0) is 15.0. The minimum atomic E-state index is 0.308. The number of carbonyl (C=O) groups is 1. The van der Waals surface area contributed by atoms with E-state index in [1.807, 2.05) is 13.0 Å². The maximum atomic E-state index is 12.1. The molecule has 0 aromatic heterocycles. The highest BCUT2D eigenvalue weighted by atomic mass is 16.5. The molecule has 2 nitrogen and oxygen atoms in total. The predicted octanol–water partition coefficient (Wildman–Crippen LogP) is 4.51. The van der Waals surface area contributed by atoms with Crippen LogP contribution in [-0.4, -0.2) is 12.9 Å². The van der Waals surface area contributed by atoms with Gasteiger partial charge < -0.3 is 4.74 Å². The van der Waals surface area contributed by atoms with Crippen molar-refractivity contribution in [3.8, 4) is 5.75 Å². The standard InChI is InChI=1S/C19H22O2/c1-4-5-6-14-15-9-10-18(20)12(2)19(15)16-8-7-13(21-3)11-17(14)16/h5-8,11,14-15H,4,9-10H2,1-3H3. The Kier molecular flexibility index (Phi) is 3.71. The normalized spacial score (nSPS) is 24.4. The molecule has 0 aliphatic heterocycles. The summed E-state index contributed by atoms with van der Waals surface area (Å²) < 4.78 is 5.39. The molecule has 3 rings (SSSR count). The van der Waals surface area contributed by atoms with Gasteiger partial charge in [0, 0.05) is 12.3 Å². The number of hydrogen-bond donors (Lipinski definition) is 0. The second-order valence-corrected chi connectivity index (χ2v) is 5.92. The van der Waals surface area contributed by atoms with Gasteiger partial charge >= 0.3 is 0 Å². The van der Waals surface area contributed by atoms with Gasteiger partial charge in [-0.05, 0) is 60.1 Å². The molecule has 110 valence electrons. The van der Waals surface area contributed by atoms with Crippen molar-refractivity contribution in [3.05, 3.63) is 47.1 Å². The van der Waals surface area contributed by atoms with E-state index >= 15 is 0 Å². The molecular weight excluding hydrogens is 260 g/mol. The largest absolute Gasteiger partial charge is 0.497 e. The second-order valence-electron chi connectivity index (χ2n) is 5.92. The number of methoxy groups -OCH3 is 1. The van der Waals surface area contributed by atoms with Crippen molar-refractivity contribution < 1.29 is 9.53 Å². The Morgan fingerprint density at radius 3 is 2.90 bits per heavy atom. The van der Waals surface area contributed by atoms with Crippen LogP contribution in [0.1, 0.15) is 50.2 Å². The summed E-state index contributed by atoms with van der Waals surface area (Å²) in [7, 11) is 1.70. The quantitative estimate of drug-likeness (QED) is 0.762. The summed E-state index contributed by atoms with van der Waals surface area (Å²) in [6, 6.07) is 6.27. The van der Waals surface area contributed by atoms with Crippen molar-refractivity contribution in [2.75, 3.05) is 7.11 Å². The average molecular weight is 282 g/mol. The summed E-state index contributed by atoms with van der Waals surface area (Å²) >= 11 is 0. The molecular formula is C19H22O2. The smallest absolute Gasteiger partial charge is 0.158 e. The van der Waals surface area contributed by atoms with Crippen LogP contribution in [0.3, 0.4) is 0 Å². The van der Waals surface area contributed by atoms with Crippen molar-refractivity contribution in [2.45, 2.75) is 39.0 Å². The van der Waals surface area contributed by atoms with E-state index in [-0.39, 0.29) is 0 Å². The van der Waals surface area contributed by atoms with Crippen LogP contribution in [0.5, 0.6) is 5.75 Å². The van der Waals surface area contributed by atoms with Crippen LogP contribution >= 0.6 is 0 Å². The molecule has 0 spiro atoms. The Bertz CT molecular complexity index is 637. The highest BCUT2D eigenvalue weighted by Gasteiger charge is 2.39. The van der Waals surface area contributed by atoms with Gasteiger partial charge in [0.25, 0.3) is 0 Å². The third-order valence-electron chi connectivity index (χ3n) is 4.80. The number of carbonyl (C=O) groups excluding carboxylic acids is 1. The van der Waals surface area contributed by atoms with E-state index in [2.05, 4.69) is 31.2 Å². The Balaban J connectivity index is 2.17. The molecule has 2 aliphatic carbocycles. The summed E-state index contributed by atoms with van der Waals surface area (Å²) in [5, 5.41) is 0. The Labute approximate surface area is 126 Å². The fourth-order valence-electron chi connectivity index (χ4n) is 3.73. The van der Waals surface area contributed by atoms with Crippen molar-refractivity contribution >= 4 is 11.4 Å². The van der Waals surface area contributed by atoms with Gasteiger partial charge in [-0.25, -0.2) is 0 Å². The van der Waals surface area contributed by atoms with Gasteiger partial charge in [0.05, 0.1) is 7.11 Å². The number of hydrogen-bond acceptors (Lipinski definition) is 2. The number of allylic oxidation sites excluding steroid dienone is 4. The zero-order valence-electron chi connectivity index (χ0n) is 13.0. The maximum absolute atomic E-state index is 12.1. The van der Waals surface area contributed by atoms with Crippen LogP contribution in [0, 0.1) is 5.92 Å². The molecule has 1 aromatic carbocycles. The summed E-state index contributed by atoms with van der Waals surface area (Å²) in [6.07, 6.45) is 7.24. The topological polar surface area (TPSA) is 26.3 Å². The summed E-state index contributed by atoms with van der Waals surface area (Å²) in [5.74, 6) is 2.04. The van der Waals surface area contributed by atoms with Crippen molar-refractivity contribution in [2.24, 2.45) is 5.92 Å². The third-order valence-corrected chi connectivity index (χ3v) is 4.80. The van der Waals surface area contributed by atoms with Crippen LogP contribution in [0.15, 0.2) is 35.9 Å². The van der Waals surface area contributed by atoms with Crippen LogP contribution in [-0.2, 0) is 4.79 Å². The van der Waals surface area contributed by atoms with Gasteiger partial charge in [-0.15, -0.1) is 0 Å². The van der Waals surface area contributed by atoms with Gasteiger partial charge in [0.1, 0.15) is 5.75 Å². The fourth-order valence-corrected chi connectivity index (χ4v) is 3.73. The minimum Gasteiger partial charge on any atom is -0.497 e. The lowest BCUT2D eigenvalue weighted by Crippen LogP contribution is -2.16. The van der Waals surface area contributed by atoms with Crippen LogP contribution < -0.4 is 4.74 Å². The Morgan fingerprint density at radius 2 is 2.19 bits per heavy atom. The lowest BCUT2D eigenvalue weighted by atomic mass is 9.79. The minimum absolute atomic E-state index is 0.308. The van der Waals surface area contributed by atoms with E-state index in [0.29, 0.717) is 24.0 Å². The molecule has 2 heteroatoms. The van der Waals surface area contributed by atoms with Gasteiger partial charge in [-0.3, -0.25) is 4.79 Å². The van der Waals surface area contributed by atoms with Gasteiger partial charge in [0.2, 0.25) is 0 Å². The first-order valence-electron chi connectivity index (χ1n) is 7.76. The molecule has 2 unspecified atom stereocenters. The number of fused-ring (bicyclic) bond motifs is 3. The van der Waals surface area contributed by atoms with Crippen molar-refractivity contribution in [3.63, 3.8) is 0 Å². The second kappa shape index (κ2) is 5.51. The lowest BCUT2D eigenvalue weighted by Gasteiger charge is -2.24. The van der Waals surface area contributed by atoms with E-state index in [1.165, 1.54) is 16.7 Å². The van der Waals surface area contributed by atoms with E-state index < -0.39 is 0 Å². The molecule has 0 amide bonds. The maximum Gasteiger partial charge on any atom is 0.158 e. The number of ether oxygens (including phenoxy) is 1. The fraction of sp³-hybridized carbons (Fsp3) is 0.421. The van der Waals surface area contributed by atoms with Gasteiger partial charge in [-0.1, -0.05) is 25.1 Å². The number of rotatable bonds is 3. The number of benzene rings is 1. The highest BCUT2D eigenvalue weighted by Crippen LogP contribution is 2.53. The monoisotopic (exact) mass is 282 g/mol. The first kappa shape index (κ1) is 14.1. The molecule has 0 bridgehead atoms. The Morgan fingerprint density at radius 1 is 1.38 bits per heavy atom. The van der Waals surface area contributed by atoms with E-state index in [4.69, 9.17) is 4.74 Å². The van der Waals surface area contributed by atoms with Crippen molar-refractivity contribution in [1.29, 1.82) is 0 Å². The molecule has 0 fully saturated rings. The average Bonchev–Trinajstić information content (AvgIpc) is 2.82. The summed E-state index contributed by atoms with van der Waals surface area (Å²) in [4.78, 5) is 12.1. The molecule has 0 N–H and O–H groups in total. The van der Waals surface area contributed by atoms with E-state index in [0.717, 1.165) is 24.2 Å². The molecule has 0 heterocycles. The van der Waals surface area contributed by atoms with Crippen LogP contribution in [0.4, 0.5) is 0 Å².